The number of carbonyl (C=O) groups is 1. The van der Waals surface area contributed by atoms with Gasteiger partial charge in [-0.15, -0.1) is 0 Å². The summed E-state index contributed by atoms with van der Waals surface area (Å²) in [5, 5.41) is 4.01. The Hall–Kier alpha value is -3.91. The van der Waals surface area contributed by atoms with Crippen LogP contribution in [0.15, 0.2) is 90.1 Å². The zero-order valence-electron chi connectivity index (χ0n) is 18.2. The number of methoxy groups -OCH3 is 1. The molecule has 7 nitrogen and oxygen atoms in total. The lowest BCUT2D eigenvalue weighted by Crippen LogP contribution is -2.38. The highest BCUT2D eigenvalue weighted by atomic mass is 32.2. The number of sulfonamides is 1. The molecule has 0 radical (unpaired) electrons. The number of nitrogens with zero attached hydrogens (tertiary/aromatic N) is 2. The lowest BCUT2D eigenvalue weighted by molar-refractivity contribution is -0.114. The highest BCUT2D eigenvalue weighted by molar-refractivity contribution is 7.93. The summed E-state index contributed by atoms with van der Waals surface area (Å²) in [7, 11) is -2.56. The molecule has 0 bridgehead atoms. The summed E-state index contributed by atoms with van der Waals surface area (Å²) in [6.07, 6.45) is 3.15. The molecule has 3 aromatic carbocycles. The number of hydrogen-bond acceptors (Lipinski definition) is 5. The number of fused-ring (bicyclic) bond motifs is 1. The van der Waals surface area contributed by atoms with Crippen LogP contribution in [0, 0.1) is 6.92 Å². The SMILES string of the molecule is COc1ccc(N(CC(=O)Nc2cccc(C)c2)S(=O)(=O)c2cccc3cnccc23)cc1. The highest BCUT2D eigenvalue weighted by Gasteiger charge is 2.29. The third-order valence-corrected chi connectivity index (χ3v) is 6.99. The van der Waals surface area contributed by atoms with E-state index in [9.17, 15) is 13.2 Å². The molecule has 0 saturated carbocycles. The molecule has 0 aliphatic rings. The van der Waals surface area contributed by atoms with Crippen molar-refractivity contribution in [3.63, 3.8) is 0 Å². The van der Waals surface area contributed by atoms with E-state index in [0.29, 0.717) is 27.9 Å². The highest BCUT2D eigenvalue weighted by Crippen LogP contribution is 2.30. The predicted octanol–water partition coefficient (Wildman–Crippen LogP) is 4.39. The van der Waals surface area contributed by atoms with Crippen molar-refractivity contribution in [1.82, 2.24) is 4.98 Å². The Balaban J connectivity index is 1.75. The first kappa shape index (κ1) is 22.3. The van der Waals surface area contributed by atoms with Crippen LogP contribution in [0.4, 0.5) is 11.4 Å². The van der Waals surface area contributed by atoms with Gasteiger partial charge in [-0.3, -0.25) is 14.1 Å². The monoisotopic (exact) mass is 461 g/mol. The predicted molar refractivity (Wildman–Crippen MR) is 129 cm³/mol. The third-order valence-electron chi connectivity index (χ3n) is 5.16. The maximum absolute atomic E-state index is 13.8. The van der Waals surface area contributed by atoms with Crippen LogP contribution < -0.4 is 14.4 Å². The Labute approximate surface area is 192 Å². The van der Waals surface area contributed by atoms with Gasteiger partial charge in [0.15, 0.2) is 0 Å². The van der Waals surface area contributed by atoms with Crippen molar-refractivity contribution >= 4 is 38.1 Å². The van der Waals surface area contributed by atoms with E-state index in [0.717, 1.165) is 9.87 Å². The molecule has 4 aromatic rings. The first-order valence-corrected chi connectivity index (χ1v) is 11.7. The number of benzene rings is 3. The summed E-state index contributed by atoms with van der Waals surface area (Å²) in [6, 6.07) is 20.5. The standard InChI is InChI=1S/C25H23N3O4S/c1-18-5-3-7-20(15-18)27-25(29)17-28(21-9-11-22(32-2)12-10-21)33(30,31)24-8-4-6-19-16-26-14-13-23(19)24/h3-16H,17H2,1-2H3,(H,27,29). The number of rotatable bonds is 7. The molecule has 168 valence electrons. The van der Waals surface area contributed by atoms with Gasteiger partial charge in [-0.25, -0.2) is 8.42 Å². The van der Waals surface area contributed by atoms with E-state index in [1.807, 2.05) is 25.1 Å². The summed E-state index contributed by atoms with van der Waals surface area (Å²) in [5.41, 5.74) is 1.93. The van der Waals surface area contributed by atoms with Crippen LogP contribution >= 0.6 is 0 Å². The van der Waals surface area contributed by atoms with Gasteiger partial charge in [-0.2, -0.15) is 0 Å². The molecule has 0 aliphatic carbocycles. The minimum Gasteiger partial charge on any atom is -0.497 e. The van der Waals surface area contributed by atoms with Gasteiger partial charge >= 0.3 is 0 Å². The average Bonchev–Trinajstić information content (AvgIpc) is 2.82. The lowest BCUT2D eigenvalue weighted by atomic mass is 10.2. The van der Waals surface area contributed by atoms with E-state index >= 15 is 0 Å². The molecule has 4 rings (SSSR count). The number of aryl methyl sites for hydroxylation is 1. The molecule has 0 atom stereocenters. The van der Waals surface area contributed by atoms with Crippen molar-refractivity contribution in [3.8, 4) is 5.75 Å². The van der Waals surface area contributed by atoms with Gasteiger partial charge in [0.2, 0.25) is 5.91 Å². The van der Waals surface area contributed by atoms with Gasteiger partial charge in [-0.1, -0.05) is 24.3 Å². The van der Waals surface area contributed by atoms with Gasteiger partial charge in [0.1, 0.15) is 12.3 Å². The zero-order valence-corrected chi connectivity index (χ0v) is 19.0. The van der Waals surface area contributed by atoms with Crippen LogP contribution in [0.1, 0.15) is 5.56 Å². The van der Waals surface area contributed by atoms with E-state index in [2.05, 4.69) is 10.3 Å². The molecular weight excluding hydrogens is 438 g/mol. The number of carbonyl (C=O) groups excluding carboxylic acids is 1. The van der Waals surface area contributed by atoms with Crippen LogP contribution in [-0.4, -0.2) is 33.0 Å². The first-order chi connectivity index (χ1) is 15.9. The topological polar surface area (TPSA) is 88.6 Å². The summed E-state index contributed by atoms with van der Waals surface area (Å²) in [4.78, 5) is 17.1. The Morgan fingerprint density at radius 1 is 1.03 bits per heavy atom. The van der Waals surface area contributed by atoms with Crippen molar-refractivity contribution in [2.45, 2.75) is 11.8 Å². The van der Waals surface area contributed by atoms with Crippen LogP contribution in [-0.2, 0) is 14.8 Å². The number of aromatic nitrogens is 1. The minimum absolute atomic E-state index is 0.0987. The Morgan fingerprint density at radius 2 is 1.79 bits per heavy atom. The van der Waals surface area contributed by atoms with Gasteiger partial charge in [-0.05, 0) is 61.0 Å². The minimum atomic E-state index is -4.09. The molecule has 33 heavy (non-hydrogen) atoms. The van der Waals surface area contributed by atoms with Crippen LogP contribution in [0.2, 0.25) is 0 Å². The van der Waals surface area contributed by atoms with Crippen molar-refractivity contribution < 1.29 is 17.9 Å². The normalized spacial score (nSPS) is 11.2. The fourth-order valence-corrected chi connectivity index (χ4v) is 5.19. The molecule has 1 heterocycles. The van der Waals surface area contributed by atoms with Crippen molar-refractivity contribution in [1.29, 1.82) is 0 Å². The van der Waals surface area contributed by atoms with Crippen molar-refractivity contribution in [2.75, 3.05) is 23.3 Å². The fraction of sp³-hybridized carbons (Fsp3) is 0.120. The van der Waals surface area contributed by atoms with E-state index in [-0.39, 0.29) is 4.90 Å². The molecule has 8 heteroatoms. The van der Waals surface area contributed by atoms with Gasteiger partial charge in [0.25, 0.3) is 10.0 Å². The van der Waals surface area contributed by atoms with E-state index in [1.54, 1.807) is 60.9 Å². The lowest BCUT2D eigenvalue weighted by Gasteiger charge is -2.25. The molecule has 1 aromatic heterocycles. The van der Waals surface area contributed by atoms with E-state index < -0.39 is 22.5 Å². The van der Waals surface area contributed by atoms with Gasteiger partial charge in [0.05, 0.1) is 17.7 Å². The van der Waals surface area contributed by atoms with Crippen LogP contribution in [0.5, 0.6) is 5.75 Å². The molecule has 0 unspecified atom stereocenters. The number of hydrogen-bond donors (Lipinski definition) is 1. The fourth-order valence-electron chi connectivity index (χ4n) is 3.55. The largest absolute Gasteiger partial charge is 0.497 e. The van der Waals surface area contributed by atoms with Crippen LogP contribution in [0.25, 0.3) is 10.8 Å². The first-order valence-electron chi connectivity index (χ1n) is 10.2. The quantitative estimate of drug-likeness (QED) is 0.441. The molecule has 0 fully saturated rings. The second kappa shape index (κ2) is 9.30. The Bertz CT molecular complexity index is 1400. The van der Waals surface area contributed by atoms with E-state index in [4.69, 9.17) is 4.74 Å². The summed E-state index contributed by atoms with van der Waals surface area (Å²) >= 11 is 0. The second-order valence-corrected chi connectivity index (χ2v) is 9.31. The maximum Gasteiger partial charge on any atom is 0.265 e. The van der Waals surface area contributed by atoms with E-state index in [1.165, 1.54) is 13.2 Å². The number of nitrogens with one attached hydrogen (secondary N) is 1. The van der Waals surface area contributed by atoms with Crippen molar-refractivity contribution in [3.05, 3.63) is 90.8 Å². The zero-order chi connectivity index (χ0) is 23.4. The molecule has 0 aliphatic heterocycles. The smallest absolute Gasteiger partial charge is 0.265 e. The number of anilines is 2. The molecule has 1 amide bonds. The summed E-state index contributed by atoms with van der Waals surface area (Å²) in [5.74, 6) is 0.124. The number of pyridine rings is 1. The average molecular weight is 462 g/mol. The Kier molecular flexibility index (Phi) is 6.28. The molecular formula is C25H23N3O4S. The number of amides is 1. The summed E-state index contributed by atoms with van der Waals surface area (Å²) in [6.45, 7) is 1.52. The number of ether oxygens (including phenoxy) is 1. The van der Waals surface area contributed by atoms with Crippen molar-refractivity contribution in [2.24, 2.45) is 0 Å². The molecule has 1 N–H and O–H groups in total. The second-order valence-electron chi connectivity index (χ2n) is 7.48. The maximum atomic E-state index is 13.8. The van der Waals surface area contributed by atoms with Crippen LogP contribution in [0.3, 0.4) is 0 Å². The van der Waals surface area contributed by atoms with Gasteiger partial charge < -0.3 is 10.1 Å². The summed E-state index contributed by atoms with van der Waals surface area (Å²) < 4.78 is 34.0. The molecule has 0 spiro atoms. The Morgan fingerprint density at radius 3 is 2.52 bits per heavy atom. The van der Waals surface area contributed by atoms with Gasteiger partial charge in [0, 0.05) is 28.9 Å². The molecule has 0 saturated heterocycles. The third kappa shape index (κ3) is 4.80.